The van der Waals surface area contributed by atoms with Gasteiger partial charge in [0.2, 0.25) is 0 Å². The first-order chi connectivity index (χ1) is 9.65. The second-order valence-corrected chi connectivity index (χ2v) is 5.01. The number of hydrogen-bond donors (Lipinski definition) is 3. The molecule has 0 aromatic heterocycles. The van der Waals surface area contributed by atoms with Crippen LogP contribution < -0.4 is 16.6 Å². The number of nitrogens with zero attached hydrogens (tertiary/aromatic N) is 1. The van der Waals surface area contributed by atoms with Crippen molar-refractivity contribution >= 4 is 11.8 Å². The molecule has 0 unspecified atom stereocenters. The van der Waals surface area contributed by atoms with Crippen LogP contribution in [0.15, 0.2) is 30.3 Å². The van der Waals surface area contributed by atoms with Crippen LogP contribution >= 0.6 is 0 Å². The molecule has 20 heavy (non-hydrogen) atoms. The molecule has 0 saturated carbocycles. The molecule has 1 aromatic rings. The normalized spacial score (nSPS) is 19.4. The highest BCUT2D eigenvalue weighted by atomic mass is 16.2. The maximum Gasteiger partial charge on any atom is 0.269 e. The monoisotopic (exact) mass is 276 g/mol. The summed E-state index contributed by atoms with van der Waals surface area (Å²) in [5.74, 6) is -0.558. The van der Waals surface area contributed by atoms with Gasteiger partial charge in [-0.3, -0.25) is 25.3 Å². The largest absolute Gasteiger partial charge is 0.327 e. The Morgan fingerprint density at radius 1 is 1.25 bits per heavy atom. The summed E-state index contributed by atoms with van der Waals surface area (Å²) in [6, 6.07) is 8.87. The van der Waals surface area contributed by atoms with E-state index in [1.165, 1.54) is 0 Å². The van der Waals surface area contributed by atoms with Crippen LogP contribution in [0.2, 0.25) is 0 Å². The average Bonchev–Trinajstić information content (AvgIpc) is 2.46. The van der Waals surface area contributed by atoms with Gasteiger partial charge in [0, 0.05) is 18.2 Å². The van der Waals surface area contributed by atoms with E-state index in [1.807, 2.05) is 11.0 Å². The maximum atomic E-state index is 11.7. The molecular weight excluding hydrogens is 256 g/mol. The molecule has 1 aliphatic heterocycles. The highest BCUT2D eigenvalue weighted by molar-refractivity contribution is 5.95. The van der Waals surface area contributed by atoms with Crippen molar-refractivity contribution in [3.8, 4) is 0 Å². The van der Waals surface area contributed by atoms with E-state index < -0.39 is 0 Å². The van der Waals surface area contributed by atoms with E-state index >= 15 is 0 Å². The molecule has 4 N–H and O–H groups in total. The van der Waals surface area contributed by atoms with E-state index in [1.54, 1.807) is 24.3 Å². The number of hydrazine groups is 1. The fourth-order valence-electron chi connectivity index (χ4n) is 2.27. The van der Waals surface area contributed by atoms with E-state index in [4.69, 9.17) is 5.73 Å². The van der Waals surface area contributed by atoms with Crippen LogP contribution in [0.4, 0.5) is 0 Å². The van der Waals surface area contributed by atoms with Gasteiger partial charge in [-0.2, -0.15) is 0 Å². The Labute approximate surface area is 118 Å². The minimum absolute atomic E-state index is 0.135. The zero-order chi connectivity index (χ0) is 14.4. The van der Waals surface area contributed by atoms with Gasteiger partial charge in [-0.25, -0.2) is 0 Å². The van der Waals surface area contributed by atoms with Crippen LogP contribution in [0.25, 0.3) is 0 Å². The van der Waals surface area contributed by atoms with Crippen molar-refractivity contribution in [3.63, 3.8) is 0 Å². The number of nitrogens with two attached hydrogens (primary N) is 1. The van der Waals surface area contributed by atoms with Crippen molar-refractivity contribution in [1.29, 1.82) is 0 Å². The van der Waals surface area contributed by atoms with Crippen LogP contribution in [0, 0.1) is 0 Å². The molecule has 6 heteroatoms. The van der Waals surface area contributed by atoms with Gasteiger partial charge in [0.05, 0.1) is 6.54 Å². The molecule has 1 aliphatic rings. The first-order valence-electron chi connectivity index (χ1n) is 6.77. The molecular formula is C14H20N4O2. The van der Waals surface area contributed by atoms with E-state index in [-0.39, 0.29) is 24.4 Å². The van der Waals surface area contributed by atoms with E-state index in [0.29, 0.717) is 5.56 Å². The molecule has 0 spiro atoms. The number of nitrogens with one attached hydrogen (secondary N) is 2. The Morgan fingerprint density at radius 2 is 2.00 bits per heavy atom. The average molecular weight is 276 g/mol. The molecule has 0 aliphatic carbocycles. The maximum absolute atomic E-state index is 11.7. The number of hydrogen-bond acceptors (Lipinski definition) is 4. The van der Waals surface area contributed by atoms with Crippen molar-refractivity contribution in [2.45, 2.75) is 18.9 Å². The van der Waals surface area contributed by atoms with E-state index in [9.17, 15) is 9.59 Å². The smallest absolute Gasteiger partial charge is 0.269 e. The lowest BCUT2D eigenvalue weighted by molar-refractivity contribution is -0.123. The Morgan fingerprint density at radius 3 is 2.70 bits per heavy atom. The minimum atomic E-state index is -0.325. The molecule has 2 amide bonds. The number of amides is 2. The molecule has 1 atom stereocenters. The number of piperidine rings is 1. The topological polar surface area (TPSA) is 87.5 Å². The molecule has 0 radical (unpaired) electrons. The number of carbonyl (C=O) groups is 2. The van der Waals surface area contributed by atoms with Crippen LogP contribution in [0.5, 0.6) is 0 Å². The lowest BCUT2D eigenvalue weighted by Gasteiger charge is -2.29. The highest BCUT2D eigenvalue weighted by Gasteiger charge is 2.18. The van der Waals surface area contributed by atoms with Gasteiger partial charge in [-0.15, -0.1) is 0 Å². The Kier molecular flexibility index (Phi) is 5.09. The molecule has 1 fully saturated rings. The minimum Gasteiger partial charge on any atom is -0.327 e. The number of rotatable bonds is 3. The van der Waals surface area contributed by atoms with Crippen LogP contribution in [-0.4, -0.2) is 42.4 Å². The summed E-state index contributed by atoms with van der Waals surface area (Å²) in [6.07, 6.45) is 2.01. The molecule has 1 saturated heterocycles. The van der Waals surface area contributed by atoms with Crippen LogP contribution in [0.1, 0.15) is 23.2 Å². The van der Waals surface area contributed by atoms with Crippen molar-refractivity contribution < 1.29 is 9.59 Å². The van der Waals surface area contributed by atoms with Crippen LogP contribution in [0.3, 0.4) is 0 Å². The van der Waals surface area contributed by atoms with Gasteiger partial charge in [-0.1, -0.05) is 18.2 Å². The Hall–Kier alpha value is -1.92. The quantitative estimate of drug-likeness (QED) is 0.671. The SMILES string of the molecule is N[C@@H]1CCCN(CC(=O)NNC(=O)c2ccccc2)C1. The third kappa shape index (κ3) is 4.32. The van der Waals surface area contributed by atoms with Crippen LogP contribution in [-0.2, 0) is 4.79 Å². The fourth-order valence-corrected chi connectivity index (χ4v) is 2.27. The zero-order valence-electron chi connectivity index (χ0n) is 11.3. The lowest BCUT2D eigenvalue weighted by Crippen LogP contribution is -2.50. The predicted octanol–water partition coefficient (Wildman–Crippen LogP) is -0.129. The number of carbonyl (C=O) groups excluding carboxylic acids is 2. The van der Waals surface area contributed by atoms with Crippen molar-refractivity contribution in [1.82, 2.24) is 15.8 Å². The molecule has 6 nitrogen and oxygen atoms in total. The summed E-state index contributed by atoms with van der Waals surface area (Å²) in [4.78, 5) is 25.5. The highest BCUT2D eigenvalue weighted by Crippen LogP contribution is 2.07. The van der Waals surface area contributed by atoms with Gasteiger partial charge < -0.3 is 5.73 Å². The third-order valence-electron chi connectivity index (χ3n) is 3.26. The van der Waals surface area contributed by atoms with Gasteiger partial charge in [0.1, 0.15) is 0 Å². The first kappa shape index (κ1) is 14.5. The molecule has 1 heterocycles. The Balaban J connectivity index is 1.73. The molecule has 2 rings (SSSR count). The predicted molar refractivity (Wildman–Crippen MR) is 75.7 cm³/mol. The summed E-state index contributed by atoms with van der Waals surface area (Å²) in [5, 5.41) is 0. The summed E-state index contributed by atoms with van der Waals surface area (Å²) in [5.41, 5.74) is 11.2. The van der Waals surface area contributed by atoms with E-state index in [0.717, 1.165) is 25.9 Å². The van der Waals surface area contributed by atoms with Gasteiger partial charge in [0.25, 0.3) is 11.8 Å². The van der Waals surface area contributed by atoms with Gasteiger partial charge >= 0.3 is 0 Å². The molecule has 1 aromatic carbocycles. The Bertz CT molecular complexity index is 464. The number of benzene rings is 1. The van der Waals surface area contributed by atoms with Crippen molar-refractivity contribution in [3.05, 3.63) is 35.9 Å². The summed E-state index contributed by atoms with van der Waals surface area (Å²) >= 11 is 0. The molecule has 0 bridgehead atoms. The van der Waals surface area contributed by atoms with Crippen molar-refractivity contribution in [2.24, 2.45) is 5.73 Å². The number of likely N-dealkylation sites (tertiary alicyclic amines) is 1. The van der Waals surface area contributed by atoms with Gasteiger partial charge in [0.15, 0.2) is 0 Å². The summed E-state index contributed by atoms with van der Waals surface area (Å²) < 4.78 is 0. The second-order valence-electron chi connectivity index (χ2n) is 5.01. The van der Waals surface area contributed by atoms with Gasteiger partial charge in [-0.05, 0) is 31.5 Å². The lowest BCUT2D eigenvalue weighted by atomic mass is 10.1. The second kappa shape index (κ2) is 7.02. The summed E-state index contributed by atoms with van der Waals surface area (Å²) in [7, 11) is 0. The van der Waals surface area contributed by atoms with E-state index in [2.05, 4.69) is 10.9 Å². The molecule has 108 valence electrons. The first-order valence-corrected chi connectivity index (χ1v) is 6.77. The third-order valence-corrected chi connectivity index (χ3v) is 3.26. The standard InChI is InChI=1S/C14H20N4O2/c15-12-7-4-8-18(9-12)10-13(19)16-17-14(20)11-5-2-1-3-6-11/h1-3,5-6,12H,4,7-10,15H2,(H,16,19)(H,17,20)/t12-/m1/s1. The zero-order valence-corrected chi connectivity index (χ0v) is 11.3. The summed E-state index contributed by atoms with van der Waals surface area (Å²) in [6.45, 7) is 1.84. The van der Waals surface area contributed by atoms with Crippen molar-refractivity contribution in [2.75, 3.05) is 19.6 Å². The fraction of sp³-hybridized carbons (Fsp3) is 0.429.